The molecule has 0 spiro atoms. The highest BCUT2D eigenvalue weighted by atomic mass is 32.2. The number of aryl methyl sites for hydroxylation is 2. The number of ether oxygens (including phenoxy) is 1. The first kappa shape index (κ1) is 25.1. The average Bonchev–Trinajstić information content (AvgIpc) is 3.58. The number of nitrogens with one attached hydrogen (secondary N) is 1. The lowest BCUT2D eigenvalue weighted by Crippen LogP contribution is -2.21. The minimum Gasteiger partial charge on any atom is -0.477 e. The number of esters is 1. The predicted molar refractivity (Wildman–Crippen MR) is 127 cm³/mol. The molecule has 36 heavy (non-hydrogen) atoms. The Labute approximate surface area is 206 Å². The molecule has 1 aromatic carbocycles. The van der Waals surface area contributed by atoms with Crippen LogP contribution in [0.2, 0.25) is 0 Å². The van der Waals surface area contributed by atoms with Crippen molar-refractivity contribution in [1.29, 1.82) is 0 Å². The number of carbonyl (C=O) groups excluding carboxylic acids is 3. The highest BCUT2D eigenvalue weighted by Gasteiger charge is 2.37. The maximum Gasteiger partial charge on any atom is 0.354 e. The Kier molecular flexibility index (Phi) is 6.44. The number of carboxylic acids is 1. The van der Waals surface area contributed by atoms with Gasteiger partial charge in [-0.1, -0.05) is 17.7 Å². The second-order valence-corrected chi connectivity index (χ2v) is 10.4. The third-order valence-electron chi connectivity index (χ3n) is 6.30. The highest BCUT2D eigenvalue weighted by molar-refractivity contribution is 7.90. The minimum atomic E-state index is -4.08. The van der Waals surface area contributed by atoms with E-state index in [2.05, 4.69) is 9.72 Å². The van der Waals surface area contributed by atoms with Gasteiger partial charge in [-0.3, -0.25) is 9.59 Å². The summed E-state index contributed by atoms with van der Waals surface area (Å²) in [6.45, 7) is 3.31. The number of hydrogen-bond donors (Lipinski definition) is 2. The number of Topliss-reactive ketones (excluding diaryl/α,β-unsaturated/α-hetero) is 2. The van der Waals surface area contributed by atoms with Crippen molar-refractivity contribution in [3.05, 3.63) is 75.4 Å². The van der Waals surface area contributed by atoms with Crippen LogP contribution < -0.4 is 0 Å². The zero-order valence-electron chi connectivity index (χ0n) is 19.9. The molecule has 0 saturated heterocycles. The molecule has 3 aromatic rings. The monoisotopic (exact) mass is 512 g/mol. The summed E-state index contributed by atoms with van der Waals surface area (Å²) in [5, 5.41) is 9.45. The van der Waals surface area contributed by atoms with E-state index >= 15 is 0 Å². The van der Waals surface area contributed by atoms with Gasteiger partial charge in [-0.2, -0.15) is 0 Å². The van der Waals surface area contributed by atoms with Crippen molar-refractivity contribution >= 4 is 33.5 Å². The van der Waals surface area contributed by atoms with Crippen LogP contribution in [0.1, 0.15) is 77.0 Å². The van der Waals surface area contributed by atoms with Gasteiger partial charge >= 0.3 is 11.9 Å². The zero-order valence-corrected chi connectivity index (χ0v) is 20.7. The van der Waals surface area contributed by atoms with Crippen LogP contribution in [0.15, 0.2) is 35.2 Å². The zero-order chi connectivity index (χ0) is 26.4. The van der Waals surface area contributed by atoms with Crippen molar-refractivity contribution in [2.75, 3.05) is 7.11 Å². The summed E-state index contributed by atoms with van der Waals surface area (Å²) >= 11 is 0. The van der Waals surface area contributed by atoms with Gasteiger partial charge in [0.05, 0.1) is 12.0 Å². The van der Waals surface area contributed by atoms with Gasteiger partial charge in [-0.15, -0.1) is 0 Å². The van der Waals surface area contributed by atoms with E-state index in [9.17, 15) is 32.7 Å². The molecule has 2 aromatic heterocycles. The molecular weight excluding hydrogens is 488 g/mol. The molecule has 0 radical (unpaired) electrons. The predicted octanol–water partition coefficient (Wildman–Crippen LogP) is 3.10. The van der Waals surface area contributed by atoms with Crippen LogP contribution in [0.4, 0.5) is 0 Å². The number of hydrogen-bond acceptors (Lipinski definition) is 7. The Bertz CT molecular complexity index is 1520. The van der Waals surface area contributed by atoms with Gasteiger partial charge in [0.25, 0.3) is 10.0 Å². The summed E-state index contributed by atoms with van der Waals surface area (Å²) in [6.07, 6.45) is 1.68. The lowest BCUT2D eigenvalue weighted by atomic mass is 10.1. The molecule has 2 heterocycles. The van der Waals surface area contributed by atoms with Gasteiger partial charge in [0.2, 0.25) is 0 Å². The Hall–Kier alpha value is -3.99. The molecule has 2 aliphatic carbocycles. The lowest BCUT2D eigenvalue weighted by Gasteiger charge is -2.12. The number of aromatic carboxylic acids is 1. The van der Waals surface area contributed by atoms with Gasteiger partial charge in [0.15, 0.2) is 11.6 Å². The molecule has 10 nitrogen and oxygen atoms in total. The van der Waals surface area contributed by atoms with Crippen molar-refractivity contribution in [2.24, 2.45) is 0 Å². The quantitative estimate of drug-likeness (QED) is 0.506. The van der Waals surface area contributed by atoms with E-state index in [0.29, 0.717) is 24.1 Å². The summed E-state index contributed by atoms with van der Waals surface area (Å²) in [6, 6.07) is 7.74. The topological polar surface area (TPSA) is 153 Å². The van der Waals surface area contributed by atoms with Crippen LogP contribution in [-0.2, 0) is 27.6 Å². The molecule has 0 unspecified atom stereocenters. The van der Waals surface area contributed by atoms with E-state index in [1.165, 1.54) is 26.2 Å². The highest BCUT2D eigenvalue weighted by Crippen LogP contribution is 2.33. The number of nitrogens with zero attached hydrogens (tertiary/aromatic N) is 1. The lowest BCUT2D eigenvalue weighted by molar-refractivity contribution is 0.0593. The van der Waals surface area contributed by atoms with E-state index in [4.69, 9.17) is 0 Å². The van der Waals surface area contributed by atoms with E-state index in [1.807, 2.05) is 6.92 Å². The van der Waals surface area contributed by atoms with E-state index in [-0.39, 0.29) is 51.8 Å². The fourth-order valence-corrected chi connectivity index (χ4v) is 6.16. The van der Waals surface area contributed by atoms with Gasteiger partial charge in [0, 0.05) is 35.4 Å². The van der Waals surface area contributed by atoms with Crippen molar-refractivity contribution in [3.8, 4) is 0 Å². The van der Waals surface area contributed by atoms with Crippen LogP contribution in [0.25, 0.3) is 0 Å². The Morgan fingerprint density at radius 1 is 1.00 bits per heavy atom. The number of aromatic amines is 1. The number of carbonyl (C=O) groups is 4. The molecular formula is C25H24N2O8S. The van der Waals surface area contributed by atoms with Crippen LogP contribution >= 0.6 is 0 Å². The second-order valence-electron chi connectivity index (χ2n) is 8.60. The number of H-pyrrole nitrogens is 1. The average molecular weight is 513 g/mol. The number of fused-ring (bicyclic) bond motifs is 2. The molecule has 0 bridgehead atoms. The molecule has 0 amide bonds. The summed E-state index contributed by atoms with van der Waals surface area (Å²) in [5.41, 5.74) is 3.11. The van der Waals surface area contributed by atoms with E-state index < -0.39 is 22.0 Å². The van der Waals surface area contributed by atoms with Gasteiger partial charge in [0.1, 0.15) is 11.4 Å². The second kappa shape index (κ2) is 9.23. The number of carboxylic acid groups (broad SMARTS) is 1. The van der Waals surface area contributed by atoms with E-state index in [0.717, 1.165) is 15.2 Å². The largest absolute Gasteiger partial charge is 0.477 e. The normalized spacial score (nSPS) is 14.2. The van der Waals surface area contributed by atoms with Crippen molar-refractivity contribution < 1.29 is 37.4 Å². The fourth-order valence-electron chi connectivity index (χ4n) is 4.54. The smallest absolute Gasteiger partial charge is 0.354 e. The molecule has 0 saturated carbocycles. The van der Waals surface area contributed by atoms with Crippen molar-refractivity contribution in [2.45, 2.75) is 44.4 Å². The summed E-state index contributed by atoms with van der Waals surface area (Å²) < 4.78 is 31.2. The van der Waals surface area contributed by atoms with Crippen LogP contribution in [-0.4, -0.2) is 53.1 Å². The Morgan fingerprint density at radius 2 is 1.64 bits per heavy atom. The molecule has 0 fully saturated rings. The summed E-state index contributed by atoms with van der Waals surface area (Å²) in [4.78, 5) is 48.7. The minimum absolute atomic E-state index is 0.00255. The third-order valence-corrected chi connectivity index (χ3v) is 8.06. The number of methoxy groups -OCH3 is 1. The molecule has 0 atom stereocenters. The SMILES string of the molecule is COC(=O)c1cc2c([nH]1)CCC2=O.Cc1ccc(S(=O)(=O)n2c3c(c(C)c2C(=O)O)C(=O)CC3)cc1. The van der Waals surface area contributed by atoms with Gasteiger partial charge in [-0.05, 0) is 50.5 Å². The van der Waals surface area contributed by atoms with Gasteiger partial charge < -0.3 is 14.8 Å². The van der Waals surface area contributed by atoms with Crippen LogP contribution in [0.3, 0.4) is 0 Å². The van der Waals surface area contributed by atoms with E-state index in [1.54, 1.807) is 18.2 Å². The van der Waals surface area contributed by atoms with Crippen LogP contribution in [0, 0.1) is 13.8 Å². The Balaban J connectivity index is 0.000000197. The number of benzene rings is 1. The standard InChI is InChI=1S/C16H15NO5S.C9H9NO3/c1-9-3-5-11(6-4-9)23(21,22)17-12-7-8-13(18)14(12)10(2)15(17)16(19)20;1-13-9(12)7-4-5-6(10-7)2-3-8(5)11/h3-6H,7-8H2,1-2H3,(H,19,20);4,10H,2-3H2,1H3. The molecule has 2 aliphatic rings. The number of rotatable bonds is 4. The fraction of sp³-hybridized carbons (Fsp3) is 0.280. The first-order valence-corrected chi connectivity index (χ1v) is 12.6. The molecule has 188 valence electrons. The van der Waals surface area contributed by atoms with Gasteiger partial charge in [-0.25, -0.2) is 22.0 Å². The summed E-state index contributed by atoms with van der Waals surface area (Å²) in [7, 11) is -2.76. The first-order chi connectivity index (χ1) is 17.0. The van der Waals surface area contributed by atoms with Crippen LogP contribution in [0.5, 0.6) is 0 Å². The Morgan fingerprint density at radius 3 is 2.22 bits per heavy atom. The molecule has 11 heteroatoms. The first-order valence-electron chi connectivity index (χ1n) is 11.1. The maximum absolute atomic E-state index is 12.9. The number of aromatic nitrogens is 2. The summed E-state index contributed by atoms with van der Waals surface area (Å²) in [5.74, 6) is -1.90. The molecule has 2 N–H and O–H groups in total. The molecule has 5 rings (SSSR count). The van der Waals surface area contributed by atoms with Crippen molar-refractivity contribution in [1.82, 2.24) is 8.96 Å². The van der Waals surface area contributed by atoms with Crippen molar-refractivity contribution in [3.63, 3.8) is 0 Å². The number of ketones is 2. The third kappa shape index (κ3) is 4.15. The maximum atomic E-state index is 12.9. The molecule has 0 aliphatic heterocycles.